The van der Waals surface area contributed by atoms with Gasteiger partial charge >= 0.3 is 0 Å². The topological polar surface area (TPSA) is 108 Å². The number of nitrogens with zero attached hydrogens (tertiary/aromatic N) is 5. The number of carbonyl (C=O) groups excluding carboxylic acids is 1. The van der Waals surface area contributed by atoms with Crippen molar-refractivity contribution in [3.63, 3.8) is 0 Å². The third kappa shape index (κ3) is 2.21. The monoisotopic (exact) mass is 319 g/mol. The summed E-state index contributed by atoms with van der Waals surface area (Å²) in [6.45, 7) is 1.86. The molecule has 0 radical (unpaired) electrons. The molecule has 118 valence electrons. The number of hydrogen-bond donors (Lipinski definition) is 1. The average molecular weight is 319 g/mol. The standard InChI is InChI=1S/C16H12N6O2/c1-9-6-7-10(16(23)24)8-12(9)18-14-15-19-20-21-22(15)13-5-3-2-4-11(13)17-14/h2-8H,1H3,(H,17,18)(H,23,24)/p-1. The third-order valence-corrected chi connectivity index (χ3v) is 3.75. The lowest BCUT2D eigenvalue weighted by molar-refractivity contribution is -0.255. The lowest BCUT2D eigenvalue weighted by Crippen LogP contribution is -2.22. The van der Waals surface area contributed by atoms with E-state index in [4.69, 9.17) is 0 Å². The number of benzene rings is 2. The predicted octanol–water partition coefficient (Wildman–Crippen LogP) is 1.09. The summed E-state index contributed by atoms with van der Waals surface area (Å²) in [5.41, 5.74) is 3.49. The van der Waals surface area contributed by atoms with Crippen LogP contribution >= 0.6 is 0 Å². The van der Waals surface area contributed by atoms with Crippen molar-refractivity contribution in [2.45, 2.75) is 6.92 Å². The van der Waals surface area contributed by atoms with Gasteiger partial charge in [0.2, 0.25) is 5.65 Å². The number of aromatic nitrogens is 5. The zero-order valence-corrected chi connectivity index (χ0v) is 12.6. The van der Waals surface area contributed by atoms with Crippen LogP contribution < -0.4 is 10.4 Å². The number of anilines is 2. The van der Waals surface area contributed by atoms with Crippen LogP contribution in [0.1, 0.15) is 15.9 Å². The van der Waals surface area contributed by atoms with Crippen LogP contribution in [0, 0.1) is 6.92 Å². The van der Waals surface area contributed by atoms with Crippen molar-refractivity contribution in [2.75, 3.05) is 5.32 Å². The molecule has 0 spiro atoms. The van der Waals surface area contributed by atoms with E-state index in [1.54, 1.807) is 10.6 Å². The molecule has 0 amide bonds. The molecular weight excluding hydrogens is 308 g/mol. The van der Waals surface area contributed by atoms with Gasteiger partial charge in [-0.25, -0.2) is 4.98 Å². The minimum Gasteiger partial charge on any atom is -0.545 e. The van der Waals surface area contributed by atoms with Crippen LogP contribution in [0.25, 0.3) is 16.7 Å². The minimum absolute atomic E-state index is 0.0829. The van der Waals surface area contributed by atoms with E-state index < -0.39 is 5.97 Å². The van der Waals surface area contributed by atoms with Crippen LogP contribution in [0.15, 0.2) is 42.5 Å². The van der Waals surface area contributed by atoms with Crippen LogP contribution in [0.3, 0.4) is 0 Å². The maximum atomic E-state index is 11.1. The van der Waals surface area contributed by atoms with E-state index in [1.807, 2.05) is 31.2 Å². The molecule has 0 aliphatic carbocycles. The Morgan fingerprint density at radius 2 is 2.04 bits per heavy atom. The molecule has 24 heavy (non-hydrogen) atoms. The highest BCUT2D eigenvalue weighted by atomic mass is 16.4. The van der Waals surface area contributed by atoms with Gasteiger partial charge in [0.25, 0.3) is 0 Å². The zero-order valence-electron chi connectivity index (χ0n) is 12.6. The maximum Gasteiger partial charge on any atom is 0.222 e. The predicted molar refractivity (Wildman–Crippen MR) is 84.9 cm³/mol. The molecule has 0 aliphatic rings. The van der Waals surface area contributed by atoms with E-state index in [1.165, 1.54) is 12.1 Å². The van der Waals surface area contributed by atoms with Crippen molar-refractivity contribution in [3.05, 3.63) is 53.6 Å². The van der Waals surface area contributed by atoms with E-state index in [-0.39, 0.29) is 5.56 Å². The number of carboxylic acid groups (broad SMARTS) is 1. The molecule has 0 fully saturated rings. The first-order valence-electron chi connectivity index (χ1n) is 7.19. The quantitative estimate of drug-likeness (QED) is 0.602. The summed E-state index contributed by atoms with van der Waals surface area (Å²) in [6.07, 6.45) is 0. The van der Waals surface area contributed by atoms with Gasteiger partial charge in [-0.05, 0) is 46.7 Å². The minimum atomic E-state index is -1.24. The number of carbonyl (C=O) groups is 1. The average Bonchev–Trinajstić information content (AvgIpc) is 3.07. The van der Waals surface area contributed by atoms with E-state index in [0.29, 0.717) is 22.7 Å². The first-order chi connectivity index (χ1) is 11.6. The fourth-order valence-corrected chi connectivity index (χ4v) is 2.50. The Labute approximate surface area is 135 Å². The second-order valence-electron chi connectivity index (χ2n) is 5.31. The van der Waals surface area contributed by atoms with Gasteiger partial charge < -0.3 is 15.2 Å². The number of para-hydroxylation sites is 2. The second kappa shape index (κ2) is 5.27. The smallest absolute Gasteiger partial charge is 0.222 e. The number of fused-ring (bicyclic) bond motifs is 3. The Bertz CT molecular complexity index is 1090. The van der Waals surface area contributed by atoms with Crippen LogP contribution in [0.5, 0.6) is 0 Å². The number of tetrazole rings is 1. The molecule has 0 unspecified atom stereocenters. The Hall–Kier alpha value is -3.55. The Morgan fingerprint density at radius 3 is 2.88 bits per heavy atom. The van der Waals surface area contributed by atoms with Crippen molar-refractivity contribution < 1.29 is 9.90 Å². The summed E-state index contributed by atoms with van der Waals surface area (Å²) in [7, 11) is 0. The number of carboxylic acids is 1. The summed E-state index contributed by atoms with van der Waals surface area (Å²) >= 11 is 0. The molecule has 2 aromatic carbocycles. The molecule has 8 heteroatoms. The van der Waals surface area contributed by atoms with Crippen LogP contribution in [-0.4, -0.2) is 31.0 Å². The molecule has 2 heterocycles. The first kappa shape index (κ1) is 14.1. The molecule has 4 aromatic rings. The first-order valence-corrected chi connectivity index (χ1v) is 7.19. The number of hydrogen-bond acceptors (Lipinski definition) is 7. The van der Waals surface area contributed by atoms with Gasteiger partial charge in [0, 0.05) is 5.69 Å². The Morgan fingerprint density at radius 1 is 1.21 bits per heavy atom. The van der Waals surface area contributed by atoms with Gasteiger partial charge in [0.05, 0.1) is 17.0 Å². The highest BCUT2D eigenvalue weighted by Gasteiger charge is 2.12. The van der Waals surface area contributed by atoms with Gasteiger partial charge in [0.15, 0.2) is 5.82 Å². The van der Waals surface area contributed by atoms with Crippen molar-refractivity contribution >= 4 is 34.2 Å². The number of rotatable bonds is 3. The van der Waals surface area contributed by atoms with E-state index in [2.05, 4.69) is 25.8 Å². The lowest BCUT2D eigenvalue weighted by atomic mass is 10.1. The Balaban J connectivity index is 1.89. The summed E-state index contributed by atoms with van der Waals surface area (Å²) in [4.78, 5) is 15.6. The molecular formula is C16H11N6O2-. The molecule has 8 nitrogen and oxygen atoms in total. The molecule has 1 N–H and O–H groups in total. The highest BCUT2D eigenvalue weighted by molar-refractivity contribution is 5.89. The van der Waals surface area contributed by atoms with E-state index >= 15 is 0 Å². The Kier molecular flexibility index (Phi) is 3.09. The summed E-state index contributed by atoms with van der Waals surface area (Å²) < 4.78 is 1.59. The lowest BCUT2D eigenvalue weighted by Gasteiger charge is -2.12. The van der Waals surface area contributed by atoms with E-state index in [0.717, 1.165) is 11.1 Å². The molecule has 0 bridgehead atoms. The molecule has 2 aromatic heterocycles. The van der Waals surface area contributed by atoms with Crippen LogP contribution in [0.2, 0.25) is 0 Å². The van der Waals surface area contributed by atoms with Crippen LogP contribution in [0.4, 0.5) is 11.5 Å². The van der Waals surface area contributed by atoms with Crippen LogP contribution in [-0.2, 0) is 0 Å². The normalized spacial score (nSPS) is 11.0. The molecule has 0 atom stereocenters. The van der Waals surface area contributed by atoms with Crippen molar-refractivity contribution in [3.8, 4) is 0 Å². The second-order valence-corrected chi connectivity index (χ2v) is 5.31. The van der Waals surface area contributed by atoms with Gasteiger partial charge in [0.1, 0.15) is 0 Å². The van der Waals surface area contributed by atoms with Crippen molar-refractivity contribution in [1.29, 1.82) is 0 Å². The molecule has 0 aliphatic heterocycles. The number of nitrogens with one attached hydrogen (secondary N) is 1. The summed E-state index contributed by atoms with van der Waals surface area (Å²) in [6, 6.07) is 12.2. The largest absolute Gasteiger partial charge is 0.545 e. The van der Waals surface area contributed by atoms with Crippen molar-refractivity contribution in [2.24, 2.45) is 0 Å². The van der Waals surface area contributed by atoms with Gasteiger partial charge in [-0.15, -0.1) is 5.10 Å². The fourth-order valence-electron chi connectivity index (χ4n) is 2.50. The molecule has 0 saturated heterocycles. The zero-order chi connectivity index (χ0) is 16.7. The fraction of sp³-hybridized carbons (Fsp3) is 0.0625. The SMILES string of the molecule is Cc1ccc(C(=O)[O-])cc1Nc1nc2ccccc2n2nnnc12. The van der Waals surface area contributed by atoms with Gasteiger partial charge in [-0.2, -0.15) is 4.52 Å². The summed E-state index contributed by atoms with van der Waals surface area (Å²) in [5, 5.41) is 25.9. The summed E-state index contributed by atoms with van der Waals surface area (Å²) in [5.74, 6) is -0.795. The molecule has 0 saturated carbocycles. The number of aromatic carboxylic acids is 1. The molecule has 4 rings (SSSR count). The third-order valence-electron chi connectivity index (χ3n) is 3.75. The van der Waals surface area contributed by atoms with E-state index in [9.17, 15) is 9.90 Å². The maximum absolute atomic E-state index is 11.1. The van der Waals surface area contributed by atoms with Gasteiger partial charge in [-0.1, -0.05) is 24.3 Å². The van der Waals surface area contributed by atoms with Gasteiger partial charge in [-0.3, -0.25) is 0 Å². The number of aryl methyl sites for hydroxylation is 1. The highest BCUT2D eigenvalue weighted by Crippen LogP contribution is 2.25. The van der Waals surface area contributed by atoms with Crippen molar-refractivity contribution in [1.82, 2.24) is 25.0 Å².